The van der Waals surface area contributed by atoms with Crippen LogP contribution in [-0.4, -0.2) is 23.9 Å². The minimum atomic E-state index is -0.201. The highest BCUT2D eigenvalue weighted by atomic mass is 16.2. The normalized spacial score (nSPS) is 13.5. The molecule has 3 rings (SSSR count). The van der Waals surface area contributed by atoms with Gasteiger partial charge in [0.25, 0.3) is 0 Å². The maximum atomic E-state index is 12.6. The molecule has 0 radical (unpaired) electrons. The third kappa shape index (κ3) is 4.30. The van der Waals surface area contributed by atoms with Crippen LogP contribution >= 0.6 is 0 Å². The van der Waals surface area contributed by atoms with Gasteiger partial charge < -0.3 is 5.32 Å². The van der Waals surface area contributed by atoms with E-state index in [-0.39, 0.29) is 18.0 Å². The fraction of sp³-hybridized carbons (Fsp3) is 0.261. The lowest BCUT2D eigenvalue weighted by molar-refractivity contribution is -0.126. The summed E-state index contributed by atoms with van der Waals surface area (Å²) in [6.07, 6.45) is 0. The van der Waals surface area contributed by atoms with Crippen LogP contribution in [0, 0.1) is 0 Å². The topological polar surface area (TPSA) is 32.3 Å². The second kappa shape index (κ2) is 8.15. The Bertz CT molecular complexity index is 876. The lowest BCUT2D eigenvalue weighted by Crippen LogP contribution is -2.43. The summed E-state index contributed by atoms with van der Waals surface area (Å²) in [5.74, 6) is 0.0460. The fourth-order valence-electron chi connectivity index (χ4n) is 3.12. The number of fused-ring (bicyclic) bond motifs is 1. The van der Waals surface area contributed by atoms with E-state index in [4.69, 9.17) is 0 Å². The first-order valence-electron chi connectivity index (χ1n) is 9.08. The van der Waals surface area contributed by atoms with Crippen LogP contribution in [-0.2, 0) is 11.3 Å². The minimum absolute atomic E-state index is 0.000203. The number of carbonyl (C=O) groups is 1. The van der Waals surface area contributed by atoms with Crippen LogP contribution in [0.1, 0.15) is 31.0 Å². The molecule has 0 aliphatic carbocycles. The number of benzene rings is 3. The van der Waals surface area contributed by atoms with Crippen molar-refractivity contribution in [3.05, 3.63) is 83.9 Å². The van der Waals surface area contributed by atoms with Crippen LogP contribution in [0.3, 0.4) is 0 Å². The SMILES string of the molecule is C[C@H](C(=O)N[C@H](C)c1ccccc1)N(C)Cc1ccc2ccccc2c1. The molecular weight excluding hydrogens is 320 g/mol. The van der Waals surface area contributed by atoms with Crippen LogP contribution in [0.2, 0.25) is 0 Å². The maximum Gasteiger partial charge on any atom is 0.237 e. The molecule has 134 valence electrons. The van der Waals surface area contributed by atoms with Gasteiger partial charge in [-0.05, 0) is 48.9 Å². The summed E-state index contributed by atoms with van der Waals surface area (Å²) >= 11 is 0. The molecule has 0 bridgehead atoms. The van der Waals surface area contributed by atoms with Crippen molar-refractivity contribution in [3.8, 4) is 0 Å². The zero-order valence-corrected chi connectivity index (χ0v) is 15.6. The third-order valence-electron chi connectivity index (χ3n) is 4.94. The van der Waals surface area contributed by atoms with Gasteiger partial charge in [-0.3, -0.25) is 9.69 Å². The van der Waals surface area contributed by atoms with Gasteiger partial charge in [-0.15, -0.1) is 0 Å². The van der Waals surface area contributed by atoms with Gasteiger partial charge in [-0.1, -0.05) is 66.7 Å². The van der Waals surface area contributed by atoms with Crippen molar-refractivity contribution in [2.24, 2.45) is 0 Å². The molecule has 0 saturated heterocycles. The largest absolute Gasteiger partial charge is 0.348 e. The Balaban J connectivity index is 1.62. The number of hydrogen-bond donors (Lipinski definition) is 1. The number of likely N-dealkylation sites (N-methyl/N-ethyl adjacent to an activating group) is 1. The van der Waals surface area contributed by atoms with E-state index in [1.807, 2.05) is 51.2 Å². The molecule has 0 spiro atoms. The standard InChI is InChI=1S/C23H26N2O/c1-17(20-9-5-4-6-10-20)24-23(26)18(2)25(3)16-19-13-14-21-11-7-8-12-22(21)15-19/h4-15,17-18H,16H2,1-3H3,(H,24,26)/t17-,18-/m1/s1. The predicted molar refractivity (Wildman–Crippen MR) is 108 cm³/mol. The molecule has 3 aromatic rings. The number of carbonyl (C=O) groups excluding carboxylic acids is 1. The number of nitrogens with zero attached hydrogens (tertiary/aromatic N) is 1. The highest BCUT2D eigenvalue weighted by Gasteiger charge is 2.20. The molecule has 2 atom stereocenters. The van der Waals surface area contributed by atoms with E-state index in [1.165, 1.54) is 16.3 Å². The van der Waals surface area contributed by atoms with Crippen LogP contribution in [0.4, 0.5) is 0 Å². The van der Waals surface area contributed by atoms with E-state index < -0.39 is 0 Å². The van der Waals surface area contributed by atoms with E-state index in [0.717, 1.165) is 12.1 Å². The van der Waals surface area contributed by atoms with Gasteiger partial charge in [0.05, 0.1) is 12.1 Å². The Morgan fingerprint density at radius 1 is 0.923 bits per heavy atom. The molecule has 0 aliphatic rings. The van der Waals surface area contributed by atoms with Gasteiger partial charge in [0.1, 0.15) is 0 Å². The minimum Gasteiger partial charge on any atom is -0.348 e. The lowest BCUT2D eigenvalue weighted by atomic mass is 10.1. The highest BCUT2D eigenvalue weighted by molar-refractivity contribution is 5.83. The number of hydrogen-bond acceptors (Lipinski definition) is 2. The van der Waals surface area contributed by atoms with Gasteiger partial charge in [0, 0.05) is 6.54 Å². The van der Waals surface area contributed by atoms with Crippen LogP contribution in [0.25, 0.3) is 10.8 Å². The summed E-state index contributed by atoms with van der Waals surface area (Å²) in [5, 5.41) is 5.58. The summed E-state index contributed by atoms with van der Waals surface area (Å²) in [4.78, 5) is 14.7. The molecule has 0 saturated carbocycles. The summed E-state index contributed by atoms with van der Waals surface area (Å²) < 4.78 is 0. The molecule has 3 aromatic carbocycles. The third-order valence-corrected chi connectivity index (χ3v) is 4.94. The average Bonchev–Trinajstić information content (AvgIpc) is 2.67. The molecule has 26 heavy (non-hydrogen) atoms. The van der Waals surface area contributed by atoms with Crippen molar-refractivity contribution >= 4 is 16.7 Å². The van der Waals surface area contributed by atoms with Gasteiger partial charge in [-0.25, -0.2) is 0 Å². The van der Waals surface area contributed by atoms with Gasteiger partial charge >= 0.3 is 0 Å². The zero-order valence-electron chi connectivity index (χ0n) is 15.6. The summed E-state index contributed by atoms with van der Waals surface area (Å²) in [5.41, 5.74) is 2.33. The molecule has 0 aromatic heterocycles. The van der Waals surface area contributed by atoms with Crippen LogP contribution in [0.15, 0.2) is 72.8 Å². The van der Waals surface area contributed by atoms with E-state index in [1.54, 1.807) is 0 Å². The fourth-order valence-corrected chi connectivity index (χ4v) is 3.12. The molecular formula is C23H26N2O. The Kier molecular flexibility index (Phi) is 5.69. The second-order valence-corrected chi connectivity index (χ2v) is 6.91. The summed E-state index contributed by atoms with van der Waals surface area (Å²) in [7, 11) is 1.99. The van der Waals surface area contributed by atoms with Crippen LogP contribution in [0.5, 0.6) is 0 Å². The molecule has 0 aliphatic heterocycles. The Morgan fingerprint density at radius 2 is 1.58 bits per heavy atom. The monoisotopic (exact) mass is 346 g/mol. The van der Waals surface area contributed by atoms with Gasteiger partial charge in [-0.2, -0.15) is 0 Å². The maximum absolute atomic E-state index is 12.6. The second-order valence-electron chi connectivity index (χ2n) is 6.91. The van der Waals surface area contributed by atoms with Crippen molar-refractivity contribution in [2.75, 3.05) is 7.05 Å². The first kappa shape index (κ1) is 18.2. The van der Waals surface area contributed by atoms with Gasteiger partial charge in [0.2, 0.25) is 5.91 Å². The van der Waals surface area contributed by atoms with E-state index >= 15 is 0 Å². The molecule has 3 nitrogen and oxygen atoms in total. The van der Waals surface area contributed by atoms with Crippen molar-refractivity contribution < 1.29 is 4.79 Å². The Morgan fingerprint density at radius 3 is 2.31 bits per heavy atom. The number of amides is 1. The highest BCUT2D eigenvalue weighted by Crippen LogP contribution is 2.17. The smallest absolute Gasteiger partial charge is 0.237 e. The van der Waals surface area contributed by atoms with Crippen LogP contribution < -0.4 is 5.32 Å². The van der Waals surface area contributed by atoms with E-state index in [9.17, 15) is 4.79 Å². The summed E-state index contributed by atoms with van der Waals surface area (Å²) in [6.45, 7) is 4.70. The van der Waals surface area contributed by atoms with Gasteiger partial charge in [0.15, 0.2) is 0 Å². The Labute approximate surface area is 155 Å². The average molecular weight is 346 g/mol. The first-order chi connectivity index (χ1) is 12.5. The lowest BCUT2D eigenvalue weighted by Gasteiger charge is -2.26. The van der Waals surface area contributed by atoms with E-state index in [0.29, 0.717) is 0 Å². The van der Waals surface area contributed by atoms with Crippen molar-refractivity contribution in [2.45, 2.75) is 32.5 Å². The molecule has 1 amide bonds. The molecule has 0 heterocycles. The predicted octanol–water partition coefficient (Wildman–Crippen LogP) is 4.54. The summed E-state index contributed by atoms with van der Waals surface area (Å²) in [6, 6.07) is 24.7. The first-order valence-corrected chi connectivity index (χ1v) is 9.08. The quantitative estimate of drug-likeness (QED) is 0.711. The van der Waals surface area contributed by atoms with Crippen molar-refractivity contribution in [1.29, 1.82) is 0 Å². The molecule has 0 fully saturated rings. The van der Waals surface area contributed by atoms with Crippen molar-refractivity contribution in [3.63, 3.8) is 0 Å². The van der Waals surface area contributed by atoms with E-state index in [2.05, 4.69) is 52.7 Å². The molecule has 0 unspecified atom stereocenters. The zero-order chi connectivity index (χ0) is 18.5. The molecule has 3 heteroatoms. The number of nitrogens with one attached hydrogen (secondary N) is 1. The van der Waals surface area contributed by atoms with Crippen molar-refractivity contribution in [1.82, 2.24) is 10.2 Å². The molecule has 1 N–H and O–H groups in total. The number of rotatable bonds is 6. The Hall–Kier alpha value is -2.65.